The van der Waals surface area contributed by atoms with Crippen LogP contribution in [0.2, 0.25) is 5.15 Å². The summed E-state index contributed by atoms with van der Waals surface area (Å²) < 4.78 is 13.0. The van der Waals surface area contributed by atoms with Gasteiger partial charge in [0.2, 0.25) is 0 Å². The van der Waals surface area contributed by atoms with E-state index in [1.165, 1.54) is 0 Å². The number of nitrogens with one attached hydrogen (secondary N) is 1. The van der Waals surface area contributed by atoms with Crippen LogP contribution in [0.5, 0.6) is 0 Å². The van der Waals surface area contributed by atoms with Gasteiger partial charge in [-0.2, -0.15) is 0 Å². The molecule has 1 aliphatic rings. The Bertz CT molecular complexity index is 476. The van der Waals surface area contributed by atoms with Gasteiger partial charge in [0.05, 0.1) is 11.8 Å². The monoisotopic (exact) mass is 270 g/mol. The maximum absolute atomic E-state index is 13.0. The zero-order valence-electron chi connectivity index (χ0n) is 10.5. The number of rotatable bonds is 2. The summed E-state index contributed by atoms with van der Waals surface area (Å²) >= 11 is 5.79. The Morgan fingerprint density at radius 2 is 2.33 bits per heavy atom. The molecule has 5 heteroatoms. The van der Waals surface area contributed by atoms with E-state index in [1.54, 1.807) is 0 Å². The minimum absolute atomic E-state index is 0.0335. The largest absolute Gasteiger partial charge is 0.349 e. The molecule has 18 heavy (non-hydrogen) atoms. The second-order valence-electron chi connectivity index (χ2n) is 5.57. The second kappa shape index (κ2) is 4.84. The molecule has 1 aromatic rings. The van der Waals surface area contributed by atoms with Crippen molar-refractivity contribution in [3.63, 3.8) is 0 Å². The predicted molar refractivity (Wildman–Crippen MR) is 68.1 cm³/mol. The summed E-state index contributed by atoms with van der Waals surface area (Å²) in [5.41, 5.74) is 0.350. The third-order valence-corrected chi connectivity index (χ3v) is 3.66. The molecule has 0 radical (unpaired) electrons. The molecule has 2 rings (SSSR count). The zero-order chi connectivity index (χ0) is 13.3. The molecule has 0 spiro atoms. The van der Waals surface area contributed by atoms with Crippen LogP contribution in [-0.2, 0) is 0 Å². The summed E-state index contributed by atoms with van der Waals surface area (Å²) in [4.78, 5) is 15.6. The zero-order valence-corrected chi connectivity index (χ0v) is 11.2. The molecule has 1 fully saturated rings. The Balaban J connectivity index is 2.06. The molecule has 1 aliphatic carbocycles. The van der Waals surface area contributed by atoms with E-state index in [0.717, 1.165) is 31.5 Å². The molecule has 98 valence electrons. The number of aromatic nitrogens is 1. The molecule has 1 N–H and O–H groups in total. The van der Waals surface area contributed by atoms with Crippen molar-refractivity contribution in [2.75, 3.05) is 0 Å². The molecule has 3 nitrogen and oxygen atoms in total. The number of nitrogens with zero attached hydrogens (tertiary/aromatic N) is 1. The fourth-order valence-electron chi connectivity index (χ4n) is 2.40. The number of carbonyl (C=O) groups is 1. The molecular weight excluding hydrogens is 255 g/mol. The summed E-state index contributed by atoms with van der Waals surface area (Å²) in [6.45, 7) is 4.35. The van der Waals surface area contributed by atoms with E-state index in [1.807, 2.05) is 0 Å². The molecule has 1 amide bonds. The van der Waals surface area contributed by atoms with Gasteiger partial charge in [0.1, 0.15) is 11.0 Å². The Hall–Kier alpha value is -1.16. The average Bonchev–Trinajstić information content (AvgIpc) is 2.61. The van der Waals surface area contributed by atoms with Gasteiger partial charge in [-0.25, -0.2) is 9.37 Å². The number of halogens is 2. The minimum Gasteiger partial charge on any atom is -0.349 e. The molecule has 0 saturated heterocycles. The van der Waals surface area contributed by atoms with E-state index in [-0.39, 0.29) is 28.1 Å². The van der Waals surface area contributed by atoms with Gasteiger partial charge in [-0.3, -0.25) is 4.79 Å². The number of amides is 1. The van der Waals surface area contributed by atoms with Gasteiger partial charge in [0, 0.05) is 6.04 Å². The summed E-state index contributed by atoms with van der Waals surface area (Å²) in [5.74, 6) is -0.911. The van der Waals surface area contributed by atoms with Crippen LogP contribution in [0.3, 0.4) is 0 Å². The van der Waals surface area contributed by atoms with Gasteiger partial charge in [-0.15, -0.1) is 0 Å². The lowest BCUT2D eigenvalue weighted by atomic mass is 9.92. The quantitative estimate of drug-likeness (QED) is 0.839. The van der Waals surface area contributed by atoms with Gasteiger partial charge in [0.15, 0.2) is 0 Å². The maximum Gasteiger partial charge on any atom is 0.254 e. The van der Waals surface area contributed by atoms with Crippen LogP contribution in [0.15, 0.2) is 12.3 Å². The van der Waals surface area contributed by atoms with Gasteiger partial charge >= 0.3 is 0 Å². The van der Waals surface area contributed by atoms with E-state index >= 15 is 0 Å². The summed E-state index contributed by atoms with van der Waals surface area (Å²) in [7, 11) is 0. The van der Waals surface area contributed by atoms with Gasteiger partial charge < -0.3 is 5.32 Å². The van der Waals surface area contributed by atoms with Crippen LogP contribution in [0.1, 0.15) is 43.5 Å². The van der Waals surface area contributed by atoms with Gasteiger partial charge in [-0.05, 0) is 30.7 Å². The van der Waals surface area contributed by atoms with Crippen molar-refractivity contribution in [2.45, 2.75) is 39.2 Å². The van der Waals surface area contributed by atoms with Crippen molar-refractivity contribution in [1.29, 1.82) is 0 Å². The SMILES string of the molecule is CC1(C)CCC(NC(=O)c2cc(F)cnc2Cl)C1. The third kappa shape index (κ3) is 2.99. The highest BCUT2D eigenvalue weighted by atomic mass is 35.5. The van der Waals surface area contributed by atoms with E-state index in [4.69, 9.17) is 11.6 Å². The molecule has 1 atom stereocenters. The lowest BCUT2D eigenvalue weighted by molar-refractivity contribution is 0.0935. The maximum atomic E-state index is 13.0. The van der Waals surface area contributed by atoms with Crippen LogP contribution in [0.4, 0.5) is 4.39 Å². The van der Waals surface area contributed by atoms with E-state index in [0.29, 0.717) is 0 Å². The smallest absolute Gasteiger partial charge is 0.254 e. The number of hydrogen-bond donors (Lipinski definition) is 1. The topological polar surface area (TPSA) is 42.0 Å². The lowest BCUT2D eigenvalue weighted by Gasteiger charge is -2.18. The van der Waals surface area contributed by atoms with Crippen molar-refractivity contribution < 1.29 is 9.18 Å². The van der Waals surface area contributed by atoms with Crippen LogP contribution in [0.25, 0.3) is 0 Å². The van der Waals surface area contributed by atoms with Crippen molar-refractivity contribution in [3.05, 3.63) is 28.8 Å². The summed E-state index contributed by atoms with van der Waals surface area (Å²) in [6.07, 6.45) is 3.95. The molecule has 1 heterocycles. The predicted octanol–water partition coefficient (Wildman–Crippen LogP) is 3.18. The van der Waals surface area contributed by atoms with Crippen molar-refractivity contribution in [2.24, 2.45) is 5.41 Å². The van der Waals surface area contributed by atoms with E-state index in [9.17, 15) is 9.18 Å². The van der Waals surface area contributed by atoms with Gasteiger partial charge in [-0.1, -0.05) is 25.4 Å². The first kappa shape index (κ1) is 13.3. The van der Waals surface area contributed by atoms with Crippen molar-refractivity contribution in [3.8, 4) is 0 Å². The van der Waals surface area contributed by atoms with Crippen LogP contribution in [-0.4, -0.2) is 16.9 Å². The highest BCUT2D eigenvalue weighted by Crippen LogP contribution is 2.37. The average molecular weight is 271 g/mol. The Labute approximate surface area is 111 Å². The van der Waals surface area contributed by atoms with Crippen LogP contribution >= 0.6 is 11.6 Å². The molecule has 1 unspecified atom stereocenters. The molecule has 0 aliphatic heterocycles. The Kier molecular flexibility index (Phi) is 3.57. The fraction of sp³-hybridized carbons (Fsp3) is 0.538. The van der Waals surface area contributed by atoms with Crippen LogP contribution < -0.4 is 5.32 Å². The van der Waals surface area contributed by atoms with Crippen molar-refractivity contribution in [1.82, 2.24) is 10.3 Å². The number of carbonyl (C=O) groups excluding carboxylic acids is 1. The first-order valence-corrected chi connectivity index (χ1v) is 6.37. The second-order valence-corrected chi connectivity index (χ2v) is 5.93. The summed E-state index contributed by atoms with van der Waals surface area (Å²) in [5, 5.41) is 2.92. The summed E-state index contributed by atoms with van der Waals surface area (Å²) in [6, 6.07) is 1.25. The van der Waals surface area contributed by atoms with E-state index < -0.39 is 5.82 Å². The number of hydrogen-bond acceptors (Lipinski definition) is 2. The van der Waals surface area contributed by atoms with Crippen molar-refractivity contribution >= 4 is 17.5 Å². The first-order valence-electron chi connectivity index (χ1n) is 5.99. The van der Waals surface area contributed by atoms with Crippen LogP contribution in [0, 0.1) is 11.2 Å². The number of pyridine rings is 1. The molecule has 0 aromatic carbocycles. The Morgan fingerprint density at radius 3 is 2.94 bits per heavy atom. The van der Waals surface area contributed by atoms with Gasteiger partial charge in [0.25, 0.3) is 5.91 Å². The Morgan fingerprint density at radius 1 is 1.61 bits per heavy atom. The van der Waals surface area contributed by atoms with E-state index in [2.05, 4.69) is 24.1 Å². The fourth-order valence-corrected chi connectivity index (χ4v) is 2.59. The third-order valence-electron chi connectivity index (χ3n) is 3.35. The molecule has 1 aromatic heterocycles. The standard InChI is InChI=1S/C13H16ClFN2O/c1-13(2)4-3-9(6-13)17-12(18)10-5-8(15)7-16-11(10)14/h5,7,9H,3-4,6H2,1-2H3,(H,17,18). The minimum atomic E-state index is -0.559. The lowest BCUT2D eigenvalue weighted by Crippen LogP contribution is -2.33. The highest BCUT2D eigenvalue weighted by Gasteiger charge is 2.32. The molecule has 1 saturated carbocycles. The molecular formula is C13H16ClFN2O. The molecule has 0 bridgehead atoms. The normalized spacial score (nSPS) is 21.9. The highest BCUT2D eigenvalue weighted by molar-refractivity contribution is 6.32. The first-order chi connectivity index (χ1) is 8.37.